The molecular formula is C10H18ClN3O2S. The molecular weight excluding hydrogens is 262 g/mol. The zero-order valence-electron chi connectivity index (χ0n) is 10.5. The van der Waals surface area contributed by atoms with E-state index in [2.05, 4.69) is 10.3 Å². The van der Waals surface area contributed by atoms with Gasteiger partial charge in [-0.3, -0.25) is 0 Å². The highest BCUT2D eigenvalue weighted by molar-refractivity contribution is 7.92. The molecule has 0 aliphatic heterocycles. The van der Waals surface area contributed by atoms with Crippen LogP contribution in [0.25, 0.3) is 0 Å². The van der Waals surface area contributed by atoms with Gasteiger partial charge in [-0.1, -0.05) is 11.6 Å². The summed E-state index contributed by atoms with van der Waals surface area (Å²) in [6, 6.07) is 0. The first-order valence-corrected chi connectivity index (χ1v) is 7.48. The lowest BCUT2D eigenvalue weighted by atomic mass is 10.2. The minimum absolute atomic E-state index is 0.371. The molecule has 1 aromatic rings. The van der Waals surface area contributed by atoms with Crippen molar-refractivity contribution in [3.63, 3.8) is 0 Å². The average molecular weight is 280 g/mol. The summed E-state index contributed by atoms with van der Waals surface area (Å²) in [6.45, 7) is 4.25. The van der Waals surface area contributed by atoms with E-state index in [0.717, 1.165) is 5.82 Å². The van der Waals surface area contributed by atoms with Crippen molar-refractivity contribution >= 4 is 21.4 Å². The fourth-order valence-electron chi connectivity index (χ4n) is 1.19. The minimum atomic E-state index is -3.08. The number of aromatic nitrogens is 2. The largest absolute Gasteiger partial charge is 0.321 e. The number of nitrogens with zero attached hydrogens (tertiary/aromatic N) is 2. The van der Waals surface area contributed by atoms with E-state index in [1.54, 1.807) is 24.6 Å². The number of rotatable bonds is 5. The molecule has 5 nitrogen and oxygen atoms in total. The Labute approximate surface area is 107 Å². The van der Waals surface area contributed by atoms with Crippen molar-refractivity contribution in [2.75, 3.05) is 12.8 Å². The summed E-state index contributed by atoms with van der Waals surface area (Å²) >= 11 is 5.85. The van der Waals surface area contributed by atoms with Crippen LogP contribution in [0.5, 0.6) is 0 Å². The molecule has 0 saturated heterocycles. The highest BCUT2D eigenvalue weighted by Gasteiger charge is 2.29. The summed E-state index contributed by atoms with van der Waals surface area (Å²) in [4.78, 5) is 4.12. The number of hydrogen-bond acceptors (Lipinski definition) is 4. The first-order chi connectivity index (χ1) is 7.65. The molecule has 98 valence electrons. The number of halogens is 1. The summed E-state index contributed by atoms with van der Waals surface area (Å²) in [5.74, 6) is 0.777. The molecule has 0 atom stereocenters. The number of imidazole rings is 1. The molecule has 1 rings (SSSR count). The lowest BCUT2D eigenvalue weighted by Crippen LogP contribution is -2.41. The van der Waals surface area contributed by atoms with Crippen molar-refractivity contribution in [2.45, 2.75) is 25.1 Å². The van der Waals surface area contributed by atoms with Crippen LogP contribution >= 0.6 is 11.6 Å². The van der Waals surface area contributed by atoms with Crippen LogP contribution < -0.4 is 5.32 Å². The molecule has 0 radical (unpaired) electrons. The van der Waals surface area contributed by atoms with Crippen molar-refractivity contribution in [2.24, 2.45) is 7.05 Å². The van der Waals surface area contributed by atoms with E-state index >= 15 is 0 Å². The van der Waals surface area contributed by atoms with Crippen molar-refractivity contribution < 1.29 is 8.42 Å². The zero-order valence-corrected chi connectivity index (χ0v) is 12.1. The Morgan fingerprint density at radius 1 is 1.53 bits per heavy atom. The van der Waals surface area contributed by atoms with Gasteiger partial charge >= 0.3 is 0 Å². The van der Waals surface area contributed by atoms with Crippen molar-refractivity contribution in [1.82, 2.24) is 14.9 Å². The van der Waals surface area contributed by atoms with Crippen molar-refractivity contribution in [3.8, 4) is 0 Å². The van der Waals surface area contributed by atoms with Gasteiger partial charge in [0.05, 0.1) is 17.5 Å². The van der Waals surface area contributed by atoms with Gasteiger partial charge in [0.1, 0.15) is 11.0 Å². The molecule has 0 unspecified atom stereocenters. The third kappa shape index (κ3) is 3.43. The lowest BCUT2D eigenvalue weighted by Gasteiger charge is -2.22. The fraction of sp³-hybridized carbons (Fsp3) is 0.700. The quantitative estimate of drug-likeness (QED) is 0.873. The highest BCUT2D eigenvalue weighted by Crippen LogP contribution is 2.14. The minimum Gasteiger partial charge on any atom is -0.321 e. The molecule has 0 aromatic carbocycles. The molecule has 0 aliphatic rings. The Kier molecular flexibility index (Phi) is 4.22. The van der Waals surface area contributed by atoms with Gasteiger partial charge in [0.25, 0.3) is 0 Å². The van der Waals surface area contributed by atoms with Gasteiger partial charge < -0.3 is 9.88 Å². The summed E-state index contributed by atoms with van der Waals surface area (Å²) in [5.41, 5.74) is 0. The van der Waals surface area contributed by atoms with Gasteiger partial charge in [-0.25, -0.2) is 13.4 Å². The van der Waals surface area contributed by atoms with Gasteiger partial charge in [-0.15, -0.1) is 0 Å². The van der Waals surface area contributed by atoms with Crippen LogP contribution in [0.3, 0.4) is 0 Å². The van der Waals surface area contributed by atoms with E-state index in [1.165, 1.54) is 6.26 Å². The molecule has 0 bridgehead atoms. The third-order valence-electron chi connectivity index (χ3n) is 2.87. The van der Waals surface area contributed by atoms with Crippen LogP contribution in [0.15, 0.2) is 6.20 Å². The maximum Gasteiger partial charge on any atom is 0.153 e. The highest BCUT2D eigenvalue weighted by atomic mass is 35.5. The Morgan fingerprint density at radius 3 is 2.53 bits per heavy atom. The first kappa shape index (κ1) is 14.5. The third-order valence-corrected chi connectivity index (χ3v) is 5.37. The predicted molar refractivity (Wildman–Crippen MR) is 68.8 cm³/mol. The Bertz CT molecular complexity index is 494. The van der Waals surface area contributed by atoms with E-state index < -0.39 is 14.6 Å². The van der Waals surface area contributed by atoms with Crippen LogP contribution in [-0.4, -0.2) is 35.5 Å². The number of sulfone groups is 1. The summed E-state index contributed by atoms with van der Waals surface area (Å²) in [7, 11) is -1.26. The molecule has 0 amide bonds. The topological polar surface area (TPSA) is 64.0 Å². The Hall–Kier alpha value is -0.590. The van der Waals surface area contributed by atoms with Gasteiger partial charge in [0, 0.05) is 19.8 Å². The standard InChI is InChI=1S/C10H18ClN3O2S/c1-10(2,17(4,15)16)7-12-6-9-13-5-8(11)14(9)3/h5,12H,6-7H2,1-4H3. The molecule has 0 saturated carbocycles. The summed E-state index contributed by atoms with van der Waals surface area (Å²) < 4.78 is 23.9. The van der Waals surface area contributed by atoms with Gasteiger partial charge in [-0.2, -0.15) is 0 Å². The summed E-state index contributed by atoms with van der Waals surface area (Å²) in [5, 5.41) is 3.64. The normalized spacial score (nSPS) is 13.0. The lowest BCUT2D eigenvalue weighted by molar-refractivity contribution is 0.514. The second kappa shape index (κ2) is 4.96. The molecule has 1 heterocycles. The van der Waals surface area contributed by atoms with E-state index in [4.69, 9.17) is 11.6 Å². The summed E-state index contributed by atoms with van der Waals surface area (Å²) in [6.07, 6.45) is 2.81. The van der Waals surface area contributed by atoms with Gasteiger partial charge in [0.2, 0.25) is 0 Å². The van der Waals surface area contributed by atoms with E-state index in [-0.39, 0.29) is 0 Å². The fourth-order valence-corrected chi connectivity index (χ4v) is 1.71. The molecule has 17 heavy (non-hydrogen) atoms. The average Bonchev–Trinajstić information content (AvgIpc) is 2.47. The van der Waals surface area contributed by atoms with Gasteiger partial charge in [0.15, 0.2) is 9.84 Å². The predicted octanol–water partition coefficient (Wildman–Crippen LogP) is 0.986. The van der Waals surface area contributed by atoms with Crippen LogP contribution in [0.4, 0.5) is 0 Å². The van der Waals surface area contributed by atoms with E-state index in [0.29, 0.717) is 18.2 Å². The van der Waals surface area contributed by atoms with Crippen LogP contribution in [0.1, 0.15) is 19.7 Å². The smallest absolute Gasteiger partial charge is 0.153 e. The molecule has 7 heteroatoms. The Morgan fingerprint density at radius 2 is 2.12 bits per heavy atom. The van der Waals surface area contributed by atoms with Crippen LogP contribution in [0.2, 0.25) is 5.15 Å². The number of hydrogen-bond donors (Lipinski definition) is 1. The van der Waals surface area contributed by atoms with Crippen molar-refractivity contribution in [1.29, 1.82) is 0 Å². The SMILES string of the molecule is Cn1c(Cl)cnc1CNCC(C)(C)S(C)(=O)=O. The first-order valence-electron chi connectivity index (χ1n) is 5.21. The zero-order chi connectivity index (χ0) is 13.3. The molecule has 0 spiro atoms. The molecule has 0 fully saturated rings. The van der Waals surface area contributed by atoms with Crippen LogP contribution in [0, 0.1) is 0 Å². The molecule has 0 aliphatic carbocycles. The second-order valence-electron chi connectivity index (χ2n) is 4.69. The maximum absolute atomic E-state index is 11.5. The molecule has 1 N–H and O–H groups in total. The van der Waals surface area contributed by atoms with Crippen LogP contribution in [-0.2, 0) is 23.4 Å². The van der Waals surface area contributed by atoms with Crippen molar-refractivity contribution in [3.05, 3.63) is 17.2 Å². The van der Waals surface area contributed by atoms with E-state index in [9.17, 15) is 8.42 Å². The second-order valence-corrected chi connectivity index (χ2v) is 7.73. The Balaban J connectivity index is 2.57. The monoisotopic (exact) mass is 279 g/mol. The molecule has 1 aromatic heterocycles. The van der Waals surface area contributed by atoms with Gasteiger partial charge in [-0.05, 0) is 13.8 Å². The number of nitrogens with one attached hydrogen (secondary N) is 1. The van der Waals surface area contributed by atoms with E-state index in [1.807, 2.05) is 7.05 Å². The maximum atomic E-state index is 11.5.